The lowest BCUT2D eigenvalue weighted by Crippen LogP contribution is -2.44. The third-order valence-corrected chi connectivity index (χ3v) is 8.48. The first-order valence-electron chi connectivity index (χ1n) is 13.9. The second kappa shape index (κ2) is 10.5. The van der Waals surface area contributed by atoms with Gasteiger partial charge in [0.05, 0.1) is 23.2 Å². The number of hydrogen-bond acceptors (Lipinski definition) is 6. The number of halogens is 1. The Morgan fingerprint density at radius 2 is 2.15 bits per heavy atom. The quantitative estimate of drug-likeness (QED) is 0.365. The van der Waals surface area contributed by atoms with Crippen molar-refractivity contribution in [2.75, 3.05) is 18.4 Å². The highest BCUT2D eigenvalue weighted by Gasteiger charge is 2.49. The number of aryl methyl sites for hydroxylation is 1. The molecule has 0 unspecified atom stereocenters. The maximum absolute atomic E-state index is 14.6. The molecule has 1 amide bonds. The van der Waals surface area contributed by atoms with E-state index in [4.69, 9.17) is 0 Å². The van der Waals surface area contributed by atoms with Gasteiger partial charge in [0, 0.05) is 38.4 Å². The van der Waals surface area contributed by atoms with Crippen LogP contribution < -0.4 is 5.32 Å². The molecule has 1 aromatic carbocycles. The molecule has 9 nitrogen and oxygen atoms in total. The van der Waals surface area contributed by atoms with Crippen LogP contribution in [0.25, 0.3) is 5.65 Å². The van der Waals surface area contributed by atoms with Crippen LogP contribution in [0.5, 0.6) is 0 Å². The van der Waals surface area contributed by atoms with Crippen molar-refractivity contribution in [3.8, 4) is 6.07 Å². The lowest BCUT2D eigenvalue weighted by molar-refractivity contribution is 0.102. The Balaban J connectivity index is 1.29. The maximum Gasteiger partial charge on any atom is 0.259 e. The molecular weight excluding hydrogens is 507 g/mol. The van der Waals surface area contributed by atoms with Crippen molar-refractivity contribution < 1.29 is 9.18 Å². The monoisotopic (exact) mass is 540 g/mol. The fourth-order valence-corrected chi connectivity index (χ4v) is 6.61. The zero-order chi connectivity index (χ0) is 27.9. The number of aromatic nitrogens is 5. The van der Waals surface area contributed by atoms with E-state index < -0.39 is 5.95 Å². The highest BCUT2D eigenvalue weighted by atomic mass is 19.1. The zero-order valence-electron chi connectivity index (χ0n) is 22.8. The van der Waals surface area contributed by atoms with Crippen molar-refractivity contribution in [1.82, 2.24) is 29.0 Å². The number of nitrogens with one attached hydrogen (secondary N) is 1. The number of carbonyl (C=O) groups excluding carboxylic acids is 1. The highest BCUT2D eigenvalue weighted by molar-refractivity contribution is 6.08. The number of carbonyl (C=O) groups is 1. The van der Waals surface area contributed by atoms with Gasteiger partial charge in [0.25, 0.3) is 5.91 Å². The van der Waals surface area contributed by atoms with Gasteiger partial charge in [-0.1, -0.05) is 19.1 Å². The molecule has 10 heteroatoms. The number of rotatable bonds is 7. The Morgan fingerprint density at radius 3 is 2.90 bits per heavy atom. The molecule has 206 valence electrons. The number of fused-ring (bicyclic) bond motifs is 1. The van der Waals surface area contributed by atoms with Gasteiger partial charge in [-0.25, -0.2) is 4.98 Å². The van der Waals surface area contributed by atoms with Crippen molar-refractivity contribution >= 4 is 17.2 Å². The molecule has 6 rings (SSSR count). The van der Waals surface area contributed by atoms with Gasteiger partial charge in [0.2, 0.25) is 5.95 Å². The summed E-state index contributed by atoms with van der Waals surface area (Å²) in [5.41, 5.74) is 2.76. The van der Waals surface area contributed by atoms with E-state index in [1.807, 2.05) is 41.9 Å². The molecule has 0 spiro atoms. The number of imidazole rings is 1. The van der Waals surface area contributed by atoms with Gasteiger partial charge in [-0.15, -0.1) is 10.2 Å². The van der Waals surface area contributed by atoms with Crippen molar-refractivity contribution in [3.63, 3.8) is 0 Å². The van der Waals surface area contributed by atoms with Gasteiger partial charge < -0.3 is 9.88 Å². The largest absolute Gasteiger partial charge is 0.322 e. The fraction of sp³-hybridized carbons (Fsp3) is 0.433. The molecular formula is C30H33FN8O. The molecule has 0 bridgehead atoms. The van der Waals surface area contributed by atoms with Crippen molar-refractivity contribution in [2.45, 2.75) is 51.0 Å². The van der Waals surface area contributed by atoms with E-state index in [1.54, 1.807) is 12.5 Å². The molecule has 2 aliphatic rings. The van der Waals surface area contributed by atoms with Crippen molar-refractivity contribution in [1.29, 1.82) is 5.26 Å². The number of anilines is 1. The number of benzene rings is 1. The minimum atomic E-state index is -0.498. The van der Waals surface area contributed by atoms with Gasteiger partial charge in [-0.2, -0.15) is 9.65 Å². The van der Waals surface area contributed by atoms with Gasteiger partial charge in [0.15, 0.2) is 5.65 Å². The first kappa shape index (κ1) is 26.1. The summed E-state index contributed by atoms with van der Waals surface area (Å²) in [5.74, 6) is 0.912. The lowest BCUT2D eigenvalue weighted by Gasteiger charge is -2.46. The van der Waals surface area contributed by atoms with E-state index in [1.165, 1.54) is 10.8 Å². The van der Waals surface area contributed by atoms with E-state index >= 15 is 0 Å². The molecule has 2 fully saturated rings. The Kier molecular flexibility index (Phi) is 6.84. The molecule has 4 aromatic rings. The zero-order valence-corrected chi connectivity index (χ0v) is 22.8. The molecule has 1 atom stereocenters. The van der Waals surface area contributed by atoms with Crippen LogP contribution in [-0.2, 0) is 19.0 Å². The van der Waals surface area contributed by atoms with Crippen LogP contribution in [0.3, 0.4) is 0 Å². The molecule has 1 saturated heterocycles. The Bertz CT molecular complexity index is 1590. The number of amides is 1. The molecule has 1 N–H and O–H groups in total. The van der Waals surface area contributed by atoms with E-state index in [2.05, 4.69) is 38.4 Å². The summed E-state index contributed by atoms with van der Waals surface area (Å²) >= 11 is 0. The van der Waals surface area contributed by atoms with Crippen LogP contribution in [0.15, 0.2) is 49.1 Å². The number of hydrogen-bond donors (Lipinski definition) is 1. The van der Waals surface area contributed by atoms with Crippen molar-refractivity contribution in [3.05, 3.63) is 77.5 Å². The number of nitrogens with zero attached hydrogens (tertiary/aromatic N) is 7. The second-order valence-corrected chi connectivity index (χ2v) is 11.5. The summed E-state index contributed by atoms with van der Waals surface area (Å²) in [7, 11) is 1.92. The first-order chi connectivity index (χ1) is 19.4. The Hall–Kier alpha value is -4.10. The summed E-state index contributed by atoms with van der Waals surface area (Å²) in [5, 5.41) is 20.8. The standard InChI is InChI=1S/C30H33FN8O/c1-20-5-4-10-38(16-20)17-22-11-25(27-33-15-26(31)39(27)18-22)28(40)35-24-7-3-6-23(12-24)30(13-21(14-30)8-9-32)29-36-34-19-37(29)2/h3,6-7,11-12,15,18-21H,4-5,8,10,13-14,16-17H2,1-2H3,(H,35,40)/t20-,21?,30?/m0/s1. The number of pyridine rings is 1. The van der Waals surface area contributed by atoms with Crippen LogP contribution >= 0.6 is 0 Å². The Morgan fingerprint density at radius 1 is 1.30 bits per heavy atom. The number of likely N-dealkylation sites (tertiary alicyclic amines) is 1. The third kappa shape index (κ3) is 4.75. The van der Waals surface area contributed by atoms with E-state index in [9.17, 15) is 14.4 Å². The highest BCUT2D eigenvalue weighted by Crippen LogP contribution is 2.53. The number of piperidine rings is 1. The molecule has 40 heavy (non-hydrogen) atoms. The minimum absolute atomic E-state index is 0.286. The van der Waals surface area contributed by atoms with Gasteiger partial charge in [0.1, 0.15) is 12.2 Å². The minimum Gasteiger partial charge on any atom is -0.322 e. The van der Waals surface area contributed by atoms with Crippen LogP contribution in [0.4, 0.5) is 10.1 Å². The second-order valence-electron chi connectivity index (χ2n) is 11.5. The maximum atomic E-state index is 14.6. The summed E-state index contributed by atoms with van der Waals surface area (Å²) in [6.45, 7) is 4.88. The SMILES string of the molecule is C[C@H]1CCCN(Cc2cc(C(=O)Nc3cccc(C4(c5nncn5C)CC(CC#N)C4)c3)c3ncc(F)n3c2)C1. The summed E-state index contributed by atoms with van der Waals surface area (Å²) in [6.07, 6.45) is 9.01. The van der Waals surface area contributed by atoms with Crippen LogP contribution in [0.1, 0.15) is 66.3 Å². The molecule has 0 radical (unpaired) electrons. The van der Waals surface area contributed by atoms with Crippen LogP contribution in [0, 0.1) is 29.1 Å². The average molecular weight is 541 g/mol. The predicted molar refractivity (Wildman–Crippen MR) is 148 cm³/mol. The van der Waals surface area contributed by atoms with E-state index in [0.29, 0.717) is 30.1 Å². The summed E-state index contributed by atoms with van der Waals surface area (Å²) in [6, 6.07) is 11.9. The molecule has 4 heterocycles. The van der Waals surface area contributed by atoms with Gasteiger partial charge in [-0.3, -0.25) is 14.1 Å². The van der Waals surface area contributed by atoms with E-state index in [-0.39, 0.29) is 22.9 Å². The fourth-order valence-electron chi connectivity index (χ4n) is 6.61. The molecule has 1 saturated carbocycles. The average Bonchev–Trinajstić information content (AvgIpc) is 3.51. The number of nitriles is 1. The Labute approximate surface area is 232 Å². The summed E-state index contributed by atoms with van der Waals surface area (Å²) < 4.78 is 17.9. The third-order valence-electron chi connectivity index (χ3n) is 8.48. The summed E-state index contributed by atoms with van der Waals surface area (Å²) in [4.78, 5) is 20.2. The lowest BCUT2D eigenvalue weighted by atomic mass is 9.57. The van der Waals surface area contributed by atoms with Crippen LogP contribution in [0.2, 0.25) is 0 Å². The van der Waals surface area contributed by atoms with E-state index in [0.717, 1.165) is 55.5 Å². The molecule has 1 aliphatic heterocycles. The molecule has 3 aromatic heterocycles. The van der Waals surface area contributed by atoms with Gasteiger partial charge in [-0.05, 0) is 73.4 Å². The predicted octanol–water partition coefficient (Wildman–Crippen LogP) is 4.70. The molecule has 1 aliphatic carbocycles. The normalized spacial score (nSPS) is 23.1. The van der Waals surface area contributed by atoms with Gasteiger partial charge >= 0.3 is 0 Å². The van der Waals surface area contributed by atoms with Crippen LogP contribution in [-0.4, -0.2) is 48.0 Å². The topological polar surface area (TPSA) is 104 Å². The van der Waals surface area contributed by atoms with Crippen molar-refractivity contribution in [2.24, 2.45) is 18.9 Å². The smallest absolute Gasteiger partial charge is 0.259 e. The first-order valence-corrected chi connectivity index (χ1v) is 13.9.